The van der Waals surface area contributed by atoms with Crippen LogP contribution in [0.15, 0.2) is 36.5 Å². The summed E-state index contributed by atoms with van der Waals surface area (Å²) in [5.41, 5.74) is 2.13. The molecule has 0 spiro atoms. The molecule has 0 radical (unpaired) electrons. The van der Waals surface area contributed by atoms with Crippen molar-refractivity contribution in [1.82, 2.24) is 4.98 Å². The number of anilines is 1. The minimum Gasteiger partial charge on any atom is -0.377 e. The molecule has 0 unspecified atom stereocenters. The number of hydrogen-bond donors (Lipinski definition) is 1. The van der Waals surface area contributed by atoms with Crippen molar-refractivity contribution >= 4 is 16.6 Å². The Morgan fingerprint density at radius 2 is 2.07 bits per heavy atom. The molecule has 0 bridgehead atoms. The largest absolute Gasteiger partial charge is 0.377 e. The van der Waals surface area contributed by atoms with Crippen molar-refractivity contribution in [1.29, 1.82) is 0 Å². The number of para-hydroxylation sites is 1. The molecular weight excluding hydrogens is 188 g/mol. The summed E-state index contributed by atoms with van der Waals surface area (Å²) in [6, 6.07) is 10.7. The lowest BCUT2D eigenvalue weighted by molar-refractivity contribution is 0.0211. The summed E-state index contributed by atoms with van der Waals surface area (Å²) in [6.45, 7) is 1.59. The van der Waals surface area contributed by atoms with Gasteiger partial charge in [-0.05, 0) is 12.1 Å². The molecule has 1 saturated heterocycles. The second-order valence-electron chi connectivity index (χ2n) is 3.76. The van der Waals surface area contributed by atoms with Crippen LogP contribution in [0.5, 0.6) is 0 Å². The fraction of sp³-hybridized carbons (Fsp3) is 0.250. The van der Waals surface area contributed by atoms with Gasteiger partial charge in [0.15, 0.2) is 0 Å². The van der Waals surface area contributed by atoms with Crippen LogP contribution in [0.4, 0.5) is 5.69 Å². The number of nitrogens with zero attached hydrogens (tertiary/aromatic N) is 1. The topological polar surface area (TPSA) is 34.2 Å². The second-order valence-corrected chi connectivity index (χ2v) is 3.76. The highest BCUT2D eigenvalue weighted by atomic mass is 16.5. The van der Waals surface area contributed by atoms with Crippen LogP contribution in [0.25, 0.3) is 10.9 Å². The Hall–Kier alpha value is -1.61. The molecule has 0 atom stereocenters. The second kappa shape index (κ2) is 3.51. The van der Waals surface area contributed by atoms with Gasteiger partial charge in [-0.3, -0.25) is 4.98 Å². The summed E-state index contributed by atoms with van der Waals surface area (Å²) in [5, 5.41) is 4.60. The first kappa shape index (κ1) is 8.68. The Balaban J connectivity index is 2.01. The summed E-state index contributed by atoms with van der Waals surface area (Å²) in [6.07, 6.45) is 1.82. The predicted molar refractivity (Wildman–Crippen MR) is 60.0 cm³/mol. The van der Waals surface area contributed by atoms with Crippen LogP contribution in [-0.2, 0) is 4.74 Å². The first-order valence-corrected chi connectivity index (χ1v) is 5.11. The lowest BCUT2D eigenvalue weighted by atomic mass is 10.1. The third-order valence-electron chi connectivity index (χ3n) is 2.63. The van der Waals surface area contributed by atoms with Crippen LogP contribution in [0, 0.1) is 0 Å². The number of ether oxygens (including phenoxy) is 1. The Morgan fingerprint density at radius 1 is 1.20 bits per heavy atom. The number of hydrogen-bond acceptors (Lipinski definition) is 3. The summed E-state index contributed by atoms with van der Waals surface area (Å²) in [5.74, 6) is 0. The zero-order chi connectivity index (χ0) is 10.1. The van der Waals surface area contributed by atoms with Gasteiger partial charge in [0, 0.05) is 11.6 Å². The van der Waals surface area contributed by atoms with Crippen molar-refractivity contribution in [3.63, 3.8) is 0 Å². The minimum atomic E-state index is 0.442. The molecule has 2 aromatic rings. The Kier molecular flexibility index (Phi) is 2.03. The number of nitrogens with one attached hydrogen (secondary N) is 1. The maximum absolute atomic E-state index is 5.14. The van der Waals surface area contributed by atoms with E-state index in [2.05, 4.69) is 28.5 Å². The van der Waals surface area contributed by atoms with Crippen molar-refractivity contribution in [3.05, 3.63) is 36.5 Å². The van der Waals surface area contributed by atoms with Gasteiger partial charge in [-0.25, -0.2) is 0 Å². The predicted octanol–water partition coefficient (Wildman–Crippen LogP) is 2.05. The summed E-state index contributed by atoms with van der Waals surface area (Å²) in [7, 11) is 0. The first-order valence-electron chi connectivity index (χ1n) is 5.11. The van der Waals surface area contributed by atoms with Gasteiger partial charge >= 0.3 is 0 Å². The fourth-order valence-corrected chi connectivity index (χ4v) is 1.76. The molecule has 2 heterocycles. The molecule has 3 nitrogen and oxygen atoms in total. The molecule has 15 heavy (non-hydrogen) atoms. The third-order valence-corrected chi connectivity index (χ3v) is 2.63. The zero-order valence-corrected chi connectivity index (χ0v) is 8.31. The Labute approximate surface area is 88.1 Å². The number of fused-ring (bicyclic) bond motifs is 1. The molecular formula is C12H12N2O. The van der Waals surface area contributed by atoms with Gasteiger partial charge in [0.25, 0.3) is 0 Å². The quantitative estimate of drug-likeness (QED) is 0.805. The molecule has 1 fully saturated rings. The molecule has 0 aliphatic carbocycles. The first-order chi connectivity index (χ1) is 7.43. The van der Waals surface area contributed by atoms with Crippen LogP contribution in [-0.4, -0.2) is 24.2 Å². The minimum absolute atomic E-state index is 0.442. The molecule has 0 saturated carbocycles. The van der Waals surface area contributed by atoms with Crippen molar-refractivity contribution in [2.24, 2.45) is 0 Å². The van der Waals surface area contributed by atoms with Gasteiger partial charge in [-0.1, -0.05) is 18.2 Å². The van der Waals surface area contributed by atoms with E-state index in [1.165, 1.54) is 5.39 Å². The molecule has 1 aliphatic rings. The van der Waals surface area contributed by atoms with Crippen molar-refractivity contribution in [2.75, 3.05) is 18.5 Å². The third kappa shape index (κ3) is 1.55. The van der Waals surface area contributed by atoms with Crippen LogP contribution < -0.4 is 5.32 Å². The van der Waals surface area contributed by atoms with Crippen LogP contribution in [0.3, 0.4) is 0 Å². The number of rotatable bonds is 2. The monoisotopic (exact) mass is 200 g/mol. The van der Waals surface area contributed by atoms with Gasteiger partial charge in [0.1, 0.15) is 0 Å². The van der Waals surface area contributed by atoms with E-state index in [4.69, 9.17) is 4.74 Å². The molecule has 76 valence electrons. The maximum atomic E-state index is 5.14. The highest BCUT2D eigenvalue weighted by Crippen LogP contribution is 2.22. The normalized spacial score (nSPS) is 16.3. The van der Waals surface area contributed by atoms with E-state index in [1.807, 2.05) is 18.3 Å². The molecule has 3 rings (SSSR count). The highest BCUT2D eigenvalue weighted by Gasteiger charge is 2.18. The van der Waals surface area contributed by atoms with E-state index in [-0.39, 0.29) is 0 Å². The molecule has 1 N–H and O–H groups in total. The SMILES string of the molecule is c1cnc2c(NC3COC3)cccc2c1. The van der Waals surface area contributed by atoms with E-state index in [0.717, 1.165) is 24.4 Å². The van der Waals surface area contributed by atoms with E-state index in [9.17, 15) is 0 Å². The van der Waals surface area contributed by atoms with E-state index in [0.29, 0.717) is 6.04 Å². The smallest absolute Gasteiger partial charge is 0.0933 e. The average molecular weight is 200 g/mol. The van der Waals surface area contributed by atoms with Gasteiger partial charge in [0.2, 0.25) is 0 Å². The summed E-state index contributed by atoms with van der Waals surface area (Å²) >= 11 is 0. The Bertz CT molecular complexity index is 475. The Morgan fingerprint density at radius 3 is 2.87 bits per heavy atom. The lowest BCUT2D eigenvalue weighted by Crippen LogP contribution is -2.40. The van der Waals surface area contributed by atoms with Gasteiger partial charge in [-0.15, -0.1) is 0 Å². The number of aromatic nitrogens is 1. The molecule has 1 aromatic carbocycles. The average Bonchev–Trinajstić information content (AvgIpc) is 2.23. The van der Waals surface area contributed by atoms with Crippen molar-refractivity contribution in [2.45, 2.75) is 6.04 Å². The van der Waals surface area contributed by atoms with Gasteiger partial charge in [-0.2, -0.15) is 0 Å². The molecule has 3 heteroatoms. The molecule has 1 aromatic heterocycles. The van der Waals surface area contributed by atoms with E-state index < -0.39 is 0 Å². The lowest BCUT2D eigenvalue weighted by Gasteiger charge is -2.28. The van der Waals surface area contributed by atoms with Gasteiger partial charge in [0.05, 0.1) is 30.5 Å². The maximum Gasteiger partial charge on any atom is 0.0933 e. The van der Waals surface area contributed by atoms with E-state index >= 15 is 0 Å². The fourth-order valence-electron chi connectivity index (χ4n) is 1.76. The molecule has 0 amide bonds. The number of pyridine rings is 1. The number of benzene rings is 1. The summed E-state index contributed by atoms with van der Waals surface area (Å²) < 4.78 is 5.14. The standard InChI is InChI=1S/C12H12N2O/c1-3-9-4-2-6-13-12(9)11(5-1)14-10-7-15-8-10/h1-6,10,14H,7-8H2. The van der Waals surface area contributed by atoms with Crippen LogP contribution >= 0.6 is 0 Å². The molecule has 1 aliphatic heterocycles. The van der Waals surface area contributed by atoms with Gasteiger partial charge < -0.3 is 10.1 Å². The van der Waals surface area contributed by atoms with Crippen molar-refractivity contribution in [3.8, 4) is 0 Å². The van der Waals surface area contributed by atoms with Crippen molar-refractivity contribution < 1.29 is 4.74 Å². The van der Waals surface area contributed by atoms with E-state index in [1.54, 1.807) is 0 Å². The summed E-state index contributed by atoms with van der Waals surface area (Å²) in [4.78, 5) is 4.39. The van der Waals surface area contributed by atoms with Crippen LogP contribution in [0.1, 0.15) is 0 Å². The van der Waals surface area contributed by atoms with Crippen LogP contribution in [0.2, 0.25) is 0 Å². The zero-order valence-electron chi connectivity index (χ0n) is 8.31. The highest BCUT2D eigenvalue weighted by molar-refractivity contribution is 5.90.